The fourth-order valence-electron chi connectivity index (χ4n) is 1.74. The quantitative estimate of drug-likeness (QED) is 0.759. The van der Waals surface area contributed by atoms with Crippen LogP contribution in [0.25, 0.3) is 0 Å². The zero-order chi connectivity index (χ0) is 9.73. The predicted octanol–water partition coefficient (Wildman–Crippen LogP) is 3.07. The Hall–Kier alpha value is -0.760. The van der Waals surface area contributed by atoms with Crippen molar-refractivity contribution in [3.63, 3.8) is 0 Å². The van der Waals surface area contributed by atoms with Crippen LogP contribution in [0.3, 0.4) is 0 Å². The lowest BCUT2D eigenvalue weighted by Gasteiger charge is -2.24. The van der Waals surface area contributed by atoms with E-state index in [1.165, 1.54) is 0 Å². The molecule has 2 nitrogen and oxygen atoms in total. The molecular weight excluding hydrogens is 164 g/mol. The van der Waals surface area contributed by atoms with Crippen molar-refractivity contribution in [3.8, 4) is 0 Å². The van der Waals surface area contributed by atoms with Gasteiger partial charge in [-0.2, -0.15) is 0 Å². The molecule has 1 N–H and O–H groups in total. The van der Waals surface area contributed by atoms with Crippen LogP contribution >= 0.6 is 0 Å². The van der Waals surface area contributed by atoms with Crippen molar-refractivity contribution >= 4 is 0 Å². The first-order chi connectivity index (χ1) is 6.23. The van der Waals surface area contributed by atoms with Crippen LogP contribution in [0.15, 0.2) is 22.8 Å². The molecule has 74 valence electrons. The Labute approximate surface area is 79.6 Å². The number of rotatable bonds is 5. The van der Waals surface area contributed by atoms with Crippen LogP contribution in [0.5, 0.6) is 0 Å². The van der Waals surface area contributed by atoms with Crippen LogP contribution in [0.2, 0.25) is 0 Å². The zero-order valence-electron chi connectivity index (χ0n) is 8.42. The average molecular weight is 182 g/mol. The van der Waals surface area contributed by atoms with Gasteiger partial charge in [0.15, 0.2) is 0 Å². The molecule has 0 radical (unpaired) electrons. The molecule has 0 amide bonds. The maximum atomic E-state index is 10.3. The molecule has 2 heteroatoms. The third-order valence-electron chi connectivity index (χ3n) is 2.31. The van der Waals surface area contributed by atoms with Gasteiger partial charge < -0.3 is 9.52 Å². The van der Waals surface area contributed by atoms with Gasteiger partial charge in [0.05, 0.1) is 6.26 Å². The Balaban J connectivity index is 2.78. The van der Waals surface area contributed by atoms with Gasteiger partial charge in [-0.1, -0.05) is 26.7 Å². The van der Waals surface area contributed by atoms with Gasteiger partial charge in [0.2, 0.25) is 0 Å². The van der Waals surface area contributed by atoms with Crippen LogP contribution in [0.4, 0.5) is 0 Å². The average Bonchev–Trinajstić information content (AvgIpc) is 2.57. The van der Waals surface area contributed by atoms with Crippen molar-refractivity contribution in [2.24, 2.45) is 0 Å². The molecular formula is C11H18O2. The van der Waals surface area contributed by atoms with Crippen LogP contribution < -0.4 is 0 Å². The SMILES string of the molecule is CCCC(O)(CCC)c1ccco1. The number of furan rings is 1. The molecule has 0 saturated carbocycles. The van der Waals surface area contributed by atoms with E-state index >= 15 is 0 Å². The molecule has 13 heavy (non-hydrogen) atoms. The summed E-state index contributed by atoms with van der Waals surface area (Å²) in [4.78, 5) is 0. The molecule has 0 atom stereocenters. The second-order valence-corrected chi connectivity index (χ2v) is 3.51. The smallest absolute Gasteiger partial charge is 0.135 e. The molecule has 0 aliphatic rings. The van der Waals surface area contributed by atoms with Gasteiger partial charge in [-0.25, -0.2) is 0 Å². The van der Waals surface area contributed by atoms with Gasteiger partial charge >= 0.3 is 0 Å². The summed E-state index contributed by atoms with van der Waals surface area (Å²) in [6.07, 6.45) is 5.10. The maximum absolute atomic E-state index is 10.3. The first-order valence-corrected chi connectivity index (χ1v) is 4.99. The zero-order valence-corrected chi connectivity index (χ0v) is 8.42. The third kappa shape index (κ3) is 2.34. The lowest BCUT2D eigenvalue weighted by atomic mass is 9.90. The van der Waals surface area contributed by atoms with E-state index in [1.54, 1.807) is 6.26 Å². The first kappa shape index (κ1) is 10.3. The van der Waals surface area contributed by atoms with Gasteiger partial charge in [0.25, 0.3) is 0 Å². The lowest BCUT2D eigenvalue weighted by molar-refractivity contribution is -0.00364. The Morgan fingerprint density at radius 1 is 1.31 bits per heavy atom. The Kier molecular flexibility index (Phi) is 3.55. The maximum Gasteiger partial charge on any atom is 0.135 e. The summed E-state index contributed by atoms with van der Waals surface area (Å²) in [6.45, 7) is 4.15. The second-order valence-electron chi connectivity index (χ2n) is 3.51. The topological polar surface area (TPSA) is 33.4 Å². The van der Waals surface area contributed by atoms with E-state index in [1.807, 2.05) is 12.1 Å². The van der Waals surface area contributed by atoms with Crippen molar-refractivity contribution in [1.82, 2.24) is 0 Å². The summed E-state index contributed by atoms with van der Waals surface area (Å²) in [7, 11) is 0. The number of hydrogen-bond donors (Lipinski definition) is 1. The van der Waals surface area contributed by atoms with E-state index in [-0.39, 0.29) is 0 Å². The van der Waals surface area contributed by atoms with Gasteiger partial charge in [-0.15, -0.1) is 0 Å². The number of hydrogen-bond acceptors (Lipinski definition) is 2. The van der Waals surface area contributed by atoms with E-state index in [0.717, 1.165) is 25.7 Å². The van der Waals surface area contributed by atoms with Gasteiger partial charge in [0.1, 0.15) is 11.4 Å². The summed E-state index contributed by atoms with van der Waals surface area (Å²) in [5.74, 6) is 0.705. The predicted molar refractivity (Wildman–Crippen MR) is 52.4 cm³/mol. The summed E-state index contributed by atoms with van der Waals surface area (Å²) in [6, 6.07) is 3.68. The minimum Gasteiger partial charge on any atom is -0.466 e. The molecule has 0 fully saturated rings. The van der Waals surface area contributed by atoms with Crippen LogP contribution in [0.1, 0.15) is 45.3 Å². The van der Waals surface area contributed by atoms with Crippen molar-refractivity contribution in [2.75, 3.05) is 0 Å². The van der Waals surface area contributed by atoms with E-state index in [9.17, 15) is 5.11 Å². The highest BCUT2D eigenvalue weighted by atomic mass is 16.4. The molecule has 0 aliphatic carbocycles. The molecule has 1 aromatic rings. The minimum absolute atomic E-state index is 0.705. The van der Waals surface area contributed by atoms with Crippen molar-refractivity contribution < 1.29 is 9.52 Å². The Morgan fingerprint density at radius 2 is 1.92 bits per heavy atom. The van der Waals surface area contributed by atoms with Crippen molar-refractivity contribution in [1.29, 1.82) is 0 Å². The first-order valence-electron chi connectivity index (χ1n) is 4.99. The van der Waals surface area contributed by atoms with Crippen LogP contribution in [0, 0.1) is 0 Å². The second kappa shape index (κ2) is 4.47. The van der Waals surface area contributed by atoms with Gasteiger partial charge in [0, 0.05) is 0 Å². The fraction of sp³-hybridized carbons (Fsp3) is 0.636. The normalized spacial score (nSPS) is 11.9. The highest BCUT2D eigenvalue weighted by Gasteiger charge is 2.29. The monoisotopic (exact) mass is 182 g/mol. The fourth-order valence-corrected chi connectivity index (χ4v) is 1.74. The molecule has 0 unspecified atom stereocenters. The number of aliphatic hydroxyl groups is 1. The van der Waals surface area contributed by atoms with Crippen LogP contribution in [-0.2, 0) is 5.60 Å². The standard InChI is InChI=1S/C11H18O2/c1-3-7-11(12,8-4-2)10-6-5-9-13-10/h5-6,9,12H,3-4,7-8H2,1-2H3. The summed E-state index contributed by atoms with van der Waals surface area (Å²) < 4.78 is 5.25. The van der Waals surface area contributed by atoms with E-state index in [4.69, 9.17) is 4.42 Å². The van der Waals surface area contributed by atoms with Crippen molar-refractivity contribution in [2.45, 2.75) is 45.1 Å². The van der Waals surface area contributed by atoms with E-state index in [2.05, 4.69) is 13.8 Å². The largest absolute Gasteiger partial charge is 0.466 e. The Morgan fingerprint density at radius 3 is 2.31 bits per heavy atom. The molecule has 0 spiro atoms. The highest BCUT2D eigenvalue weighted by molar-refractivity contribution is 5.08. The van der Waals surface area contributed by atoms with Crippen LogP contribution in [-0.4, -0.2) is 5.11 Å². The molecule has 0 aromatic carbocycles. The Bertz CT molecular complexity index is 220. The summed E-state index contributed by atoms with van der Waals surface area (Å²) in [5, 5.41) is 10.3. The van der Waals surface area contributed by atoms with Gasteiger partial charge in [-0.05, 0) is 25.0 Å². The minimum atomic E-state index is -0.743. The van der Waals surface area contributed by atoms with E-state index < -0.39 is 5.60 Å². The highest BCUT2D eigenvalue weighted by Crippen LogP contribution is 2.31. The summed E-state index contributed by atoms with van der Waals surface area (Å²) >= 11 is 0. The van der Waals surface area contributed by atoms with Crippen molar-refractivity contribution in [3.05, 3.63) is 24.2 Å². The molecule has 1 heterocycles. The molecule has 1 rings (SSSR count). The third-order valence-corrected chi connectivity index (χ3v) is 2.31. The lowest BCUT2D eigenvalue weighted by Crippen LogP contribution is -2.24. The summed E-state index contributed by atoms with van der Waals surface area (Å²) in [5.41, 5.74) is -0.743. The van der Waals surface area contributed by atoms with Gasteiger partial charge in [-0.3, -0.25) is 0 Å². The van der Waals surface area contributed by atoms with E-state index in [0.29, 0.717) is 5.76 Å². The molecule has 0 bridgehead atoms. The molecule has 0 saturated heterocycles. The molecule has 1 aromatic heterocycles. The molecule has 0 aliphatic heterocycles.